The second-order valence-corrected chi connectivity index (χ2v) is 11.4. The lowest BCUT2D eigenvalue weighted by atomic mass is 9.90. The fourth-order valence-electron chi connectivity index (χ4n) is 4.93. The molecule has 0 radical (unpaired) electrons. The standard InChI is InChI=1S/C32H36IN7O2/c1-4-42-29-27(33)19-25(20-28(29)41-3)21-34-39-31-36-30(35-26-12-10-22(2)11-13-26)37-32(38-31)40-16-14-24(15-17-40)18-23-8-6-5-7-9-23/h5-13,19-21,24H,4,14-18H2,1-3H3,(H2,35,36,37,38,39)/b34-21-. The lowest BCUT2D eigenvalue weighted by molar-refractivity contribution is 0.308. The van der Waals surface area contributed by atoms with Crippen LogP contribution in [0, 0.1) is 16.4 Å². The van der Waals surface area contributed by atoms with Crippen LogP contribution < -0.4 is 25.1 Å². The summed E-state index contributed by atoms with van der Waals surface area (Å²) in [4.78, 5) is 16.4. The molecular formula is C32H36IN7O2. The van der Waals surface area contributed by atoms with Crippen LogP contribution >= 0.6 is 22.6 Å². The number of anilines is 4. The molecule has 4 aromatic rings. The van der Waals surface area contributed by atoms with E-state index in [1.807, 2.05) is 31.2 Å². The van der Waals surface area contributed by atoms with Gasteiger partial charge in [-0.15, -0.1) is 0 Å². The molecule has 0 unspecified atom stereocenters. The van der Waals surface area contributed by atoms with E-state index < -0.39 is 0 Å². The first-order valence-electron chi connectivity index (χ1n) is 14.2. The Labute approximate surface area is 260 Å². The van der Waals surface area contributed by atoms with Crippen molar-refractivity contribution in [3.63, 3.8) is 0 Å². The van der Waals surface area contributed by atoms with Crippen LogP contribution in [0.4, 0.5) is 23.5 Å². The number of halogens is 1. The number of piperidine rings is 1. The van der Waals surface area contributed by atoms with Crippen LogP contribution in [-0.4, -0.2) is 48.0 Å². The Hall–Kier alpha value is -3.93. The van der Waals surface area contributed by atoms with E-state index in [0.717, 1.165) is 52.9 Å². The normalized spacial score (nSPS) is 13.8. The van der Waals surface area contributed by atoms with Gasteiger partial charge in [-0.2, -0.15) is 20.1 Å². The molecule has 218 valence electrons. The van der Waals surface area contributed by atoms with E-state index in [0.29, 0.717) is 36.1 Å². The molecule has 0 saturated carbocycles. The van der Waals surface area contributed by atoms with E-state index in [4.69, 9.17) is 19.4 Å². The minimum Gasteiger partial charge on any atom is -0.493 e. The van der Waals surface area contributed by atoms with E-state index in [1.165, 1.54) is 11.1 Å². The highest BCUT2D eigenvalue weighted by atomic mass is 127. The molecule has 10 heteroatoms. The van der Waals surface area contributed by atoms with Crippen LogP contribution in [0.2, 0.25) is 0 Å². The van der Waals surface area contributed by atoms with Gasteiger partial charge in [0, 0.05) is 18.8 Å². The van der Waals surface area contributed by atoms with Crippen molar-refractivity contribution in [1.82, 2.24) is 15.0 Å². The monoisotopic (exact) mass is 677 g/mol. The number of methoxy groups -OCH3 is 1. The van der Waals surface area contributed by atoms with Crippen molar-refractivity contribution >= 4 is 52.3 Å². The first-order valence-corrected chi connectivity index (χ1v) is 15.3. The lowest BCUT2D eigenvalue weighted by Crippen LogP contribution is -2.35. The summed E-state index contributed by atoms with van der Waals surface area (Å²) in [5.74, 6) is 3.50. The van der Waals surface area contributed by atoms with Crippen LogP contribution in [0.15, 0.2) is 71.8 Å². The van der Waals surface area contributed by atoms with Crippen molar-refractivity contribution in [3.05, 3.63) is 87.0 Å². The number of nitrogens with zero attached hydrogens (tertiary/aromatic N) is 5. The Bertz CT molecular complexity index is 1490. The van der Waals surface area contributed by atoms with Crippen molar-refractivity contribution in [2.45, 2.75) is 33.1 Å². The summed E-state index contributed by atoms with van der Waals surface area (Å²) in [6.45, 7) is 6.35. The van der Waals surface area contributed by atoms with E-state index in [9.17, 15) is 0 Å². The molecule has 1 aliphatic rings. The van der Waals surface area contributed by atoms with E-state index >= 15 is 0 Å². The molecule has 9 nitrogen and oxygen atoms in total. The third-order valence-corrected chi connectivity index (χ3v) is 7.92. The number of aryl methyl sites for hydroxylation is 1. The number of rotatable bonds is 11. The quantitative estimate of drug-likeness (QED) is 0.101. The van der Waals surface area contributed by atoms with E-state index in [2.05, 4.69) is 97.7 Å². The predicted molar refractivity (Wildman–Crippen MR) is 177 cm³/mol. The first kappa shape index (κ1) is 29.6. The van der Waals surface area contributed by atoms with Gasteiger partial charge in [-0.25, -0.2) is 5.43 Å². The SMILES string of the molecule is CCOc1c(I)cc(/C=N\Nc2nc(Nc3ccc(C)cc3)nc(N3CCC(Cc4ccccc4)CC3)n2)cc1OC. The predicted octanol–water partition coefficient (Wildman–Crippen LogP) is 6.84. The van der Waals surface area contributed by atoms with Gasteiger partial charge in [0.1, 0.15) is 0 Å². The molecule has 1 aliphatic heterocycles. The number of hydrazone groups is 1. The van der Waals surface area contributed by atoms with Crippen LogP contribution in [-0.2, 0) is 6.42 Å². The molecule has 0 amide bonds. The summed E-state index contributed by atoms with van der Waals surface area (Å²) >= 11 is 2.24. The summed E-state index contributed by atoms with van der Waals surface area (Å²) in [7, 11) is 1.63. The Morgan fingerprint density at radius 1 is 1.00 bits per heavy atom. The Morgan fingerprint density at radius 3 is 2.45 bits per heavy atom. The van der Waals surface area contributed by atoms with Crippen molar-refractivity contribution < 1.29 is 9.47 Å². The Kier molecular flexibility index (Phi) is 10.1. The smallest absolute Gasteiger partial charge is 0.250 e. The molecule has 0 aliphatic carbocycles. The van der Waals surface area contributed by atoms with Crippen molar-refractivity contribution in [3.8, 4) is 11.5 Å². The van der Waals surface area contributed by atoms with Crippen LogP contribution in [0.1, 0.15) is 36.5 Å². The van der Waals surface area contributed by atoms with Crippen LogP contribution in [0.5, 0.6) is 11.5 Å². The molecule has 0 spiro atoms. The summed E-state index contributed by atoms with van der Waals surface area (Å²) in [6.07, 6.45) is 4.98. The maximum absolute atomic E-state index is 5.73. The van der Waals surface area contributed by atoms with E-state index in [1.54, 1.807) is 13.3 Å². The highest BCUT2D eigenvalue weighted by molar-refractivity contribution is 14.1. The number of hydrogen-bond acceptors (Lipinski definition) is 9. The zero-order valence-corrected chi connectivity index (χ0v) is 26.3. The fourth-order valence-corrected chi connectivity index (χ4v) is 5.71. The highest BCUT2D eigenvalue weighted by Crippen LogP contribution is 2.33. The molecule has 1 aromatic heterocycles. The van der Waals surface area contributed by atoms with E-state index in [-0.39, 0.29) is 0 Å². The van der Waals surface area contributed by atoms with Crippen LogP contribution in [0.25, 0.3) is 0 Å². The second-order valence-electron chi connectivity index (χ2n) is 10.2. The van der Waals surface area contributed by atoms with Gasteiger partial charge in [0.15, 0.2) is 11.5 Å². The third kappa shape index (κ3) is 7.87. The average Bonchev–Trinajstić information content (AvgIpc) is 3.00. The summed E-state index contributed by atoms with van der Waals surface area (Å²) < 4.78 is 12.2. The Morgan fingerprint density at radius 2 is 1.74 bits per heavy atom. The molecule has 5 rings (SSSR count). The lowest BCUT2D eigenvalue weighted by Gasteiger charge is -2.32. The zero-order chi connectivity index (χ0) is 29.3. The van der Waals surface area contributed by atoms with Gasteiger partial charge in [-0.05, 0) is 97.0 Å². The van der Waals surface area contributed by atoms with Crippen molar-refractivity contribution in [1.29, 1.82) is 0 Å². The topological polar surface area (TPSA) is 96.8 Å². The third-order valence-electron chi connectivity index (χ3n) is 7.11. The molecular weight excluding hydrogens is 641 g/mol. The largest absolute Gasteiger partial charge is 0.493 e. The minimum atomic E-state index is 0.366. The zero-order valence-electron chi connectivity index (χ0n) is 24.2. The van der Waals surface area contributed by atoms with Gasteiger partial charge in [0.2, 0.25) is 17.8 Å². The summed E-state index contributed by atoms with van der Waals surface area (Å²) in [5.41, 5.74) is 7.36. The number of nitrogens with one attached hydrogen (secondary N) is 2. The highest BCUT2D eigenvalue weighted by Gasteiger charge is 2.22. The molecule has 2 heterocycles. The summed E-state index contributed by atoms with van der Waals surface area (Å²) in [5, 5.41) is 7.76. The van der Waals surface area contributed by atoms with Gasteiger partial charge in [-0.1, -0.05) is 48.0 Å². The maximum Gasteiger partial charge on any atom is 0.250 e. The van der Waals surface area contributed by atoms with Gasteiger partial charge >= 0.3 is 0 Å². The maximum atomic E-state index is 5.73. The number of benzene rings is 3. The van der Waals surface area contributed by atoms with Crippen LogP contribution in [0.3, 0.4) is 0 Å². The molecule has 1 saturated heterocycles. The van der Waals surface area contributed by atoms with Crippen molar-refractivity contribution in [2.24, 2.45) is 11.0 Å². The molecule has 0 bridgehead atoms. The molecule has 2 N–H and O–H groups in total. The second kappa shape index (κ2) is 14.3. The summed E-state index contributed by atoms with van der Waals surface area (Å²) in [6, 6.07) is 22.7. The molecule has 1 fully saturated rings. The number of hydrogen-bond donors (Lipinski definition) is 2. The molecule has 42 heavy (non-hydrogen) atoms. The number of ether oxygens (including phenoxy) is 2. The van der Waals surface area contributed by atoms with Gasteiger partial charge in [0.25, 0.3) is 0 Å². The van der Waals surface area contributed by atoms with Gasteiger partial charge in [0.05, 0.1) is 23.5 Å². The molecule has 0 atom stereocenters. The average molecular weight is 678 g/mol. The minimum absolute atomic E-state index is 0.366. The van der Waals surface area contributed by atoms with Gasteiger partial charge in [-0.3, -0.25) is 0 Å². The van der Waals surface area contributed by atoms with Gasteiger partial charge < -0.3 is 19.7 Å². The number of aromatic nitrogens is 3. The fraction of sp³-hybridized carbons (Fsp3) is 0.312. The Balaban J connectivity index is 1.33. The molecule has 3 aromatic carbocycles. The first-order chi connectivity index (χ1) is 20.5. The van der Waals surface area contributed by atoms with Crippen molar-refractivity contribution in [2.75, 3.05) is 42.4 Å².